The largest absolute Gasteiger partial charge is 0.506 e. The van der Waals surface area contributed by atoms with Crippen LogP contribution in [-0.2, 0) is 6.54 Å². The van der Waals surface area contributed by atoms with Crippen molar-refractivity contribution in [3.8, 4) is 5.75 Å². The number of hydrogen-bond donors (Lipinski definition) is 1. The Kier molecular flexibility index (Phi) is 4.07. The van der Waals surface area contributed by atoms with Crippen molar-refractivity contribution in [2.24, 2.45) is 0 Å². The predicted molar refractivity (Wildman–Crippen MR) is 90.0 cm³/mol. The third-order valence-corrected chi connectivity index (χ3v) is 5.89. The highest BCUT2D eigenvalue weighted by atomic mass is 79.9. The molecule has 7 heteroatoms. The van der Waals surface area contributed by atoms with Crippen molar-refractivity contribution in [1.82, 2.24) is 9.55 Å². The van der Waals surface area contributed by atoms with Crippen molar-refractivity contribution in [1.29, 1.82) is 0 Å². The standard InChI is InChI=1S/C14H8Br3FN2O/c15-11-10-9(21)5-19-13(16)12(10)20(14(11)17)6-7-3-1-2-4-8(7)18/h1-5,21H,6H2. The number of pyridine rings is 1. The van der Waals surface area contributed by atoms with Gasteiger partial charge in [-0.25, -0.2) is 9.37 Å². The van der Waals surface area contributed by atoms with Gasteiger partial charge in [-0.3, -0.25) is 0 Å². The molecule has 21 heavy (non-hydrogen) atoms. The normalized spacial score (nSPS) is 11.2. The van der Waals surface area contributed by atoms with E-state index in [1.54, 1.807) is 18.2 Å². The first-order valence-electron chi connectivity index (χ1n) is 5.94. The zero-order valence-electron chi connectivity index (χ0n) is 10.4. The van der Waals surface area contributed by atoms with E-state index < -0.39 is 0 Å². The molecule has 108 valence electrons. The Morgan fingerprint density at radius 1 is 1.19 bits per heavy atom. The molecule has 0 aliphatic carbocycles. The molecule has 1 aromatic carbocycles. The van der Waals surface area contributed by atoms with Crippen molar-refractivity contribution in [2.75, 3.05) is 0 Å². The van der Waals surface area contributed by atoms with E-state index in [1.807, 2.05) is 4.57 Å². The molecule has 0 saturated carbocycles. The number of rotatable bonds is 2. The van der Waals surface area contributed by atoms with Crippen LogP contribution in [0.3, 0.4) is 0 Å². The van der Waals surface area contributed by atoms with Crippen molar-refractivity contribution in [3.63, 3.8) is 0 Å². The van der Waals surface area contributed by atoms with Gasteiger partial charge in [-0.05, 0) is 53.9 Å². The zero-order valence-corrected chi connectivity index (χ0v) is 15.2. The summed E-state index contributed by atoms with van der Waals surface area (Å²) in [5, 5.41) is 10.6. The number of nitrogens with zero attached hydrogens (tertiary/aromatic N) is 2. The van der Waals surface area contributed by atoms with Gasteiger partial charge in [0.25, 0.3) is 0 Å². The third-order valence-electron chi connectivity index (χ3n) is 3.18. The van der Waals surface area contributed by atoms with E-state index >= 15 is 0 Å². The molecule has 0 amide bonds. The van der Waals surface area contributed by atoms with Gasteiger partial charge in [-0.1, -0.05) is 18.2 Å². The highest BCUT2D eigenvalue weighted by Gasteiger charge is 2.20. The lowest BCUT2D eigenvalue weighted by molar-refractivity contribution is 0.479. The zero-order chi connectivity index (χ0) is 15.1. The second-order valence-electron chi connectivity index (χ2n) is 4.44. The van der Waals surface area contributed by atoms with E-state index in [4.69, 9.17) is 0 Å². The maximum Gasteiger partial charge on any atom is 0.144 e. The van der Waals surface area contributed by atoms with Crippen molar-refractivity contribution < 1.29 is 9.50 Å². The Morgan fingerprint density at radius 3 is 2.62 bits per heavy atom. The molecule has 0 spiro atoms. The molecule has 1 N–H and O–H groups in total. The number of fused-ring (bicyclic) bond motifs is 1. The summed E-state index contributed by atoms with van der Waals surface area (Å²) < 4.78 is 17.7. The van der Waals surface area contributed by atoms with Crippen LogP contribution in [0.5, 0.6) is 5.75 Å². The van der Waals surface area contributed by atoms with Crippen molar-refractivity contribution in [3.05, 3.63) is 55.5 Å². The summed E-state index contributed by atoms with van der Waals surface area (Å²) in [4.78, 5) is 4.10. The van der Waals surface area contributed by atoms with Crippen LogP contribution in [0.4, 0.5) is 4.39 Å². The van der Waals surface area contributed by atoms with Gasteiger partial charge >= 0.3 is 0 Å². The number of aromatic hydroxyl groups is 1. The molecule has 0 saturated heterocycles. The average Bonchev–Trinajstić information content (AvgIpc) is 2.71. The molecule has 0 radical (unpaired) electrons. The minimum Gasteiger partial charge on any atom is -0.506 e. The van der Waals surface area contributed by atoms with Gasteiger partial charge in [0.15, 0.2) is 0 Å². The third kappa shape index (κ3) is 2.51. The van der Waals surface area contributed by atoms with Gasteiger partial charge in [0.1, 0.15) is 20.8 Å². The SMILES string of the molecule is Oc1cnc(Br)c2c1c(Br)c(Br)n2Cc1ccccc1F. The first kappa shape index (κ1) is 15.0. The minimum absolute atomic E-state index is 0.0630. The fraction of sp³-hybridized carbons (Fsp3) is 0.0714. The van der Waals surface area contributed by atoms with Crippen LogP contribution in [-0.4, -0.2) is 14.7 Å². The Morgan fingerprint density at radius 2 is 1.90 bits per heavy atom. The Hall–Kier alpha value is -0.920. The molecule has 2 aromatic heterocycles. The fourth-order valence-electron chi connectivity index (χ4n) is 2.20. The lowest BCUT2D eigenvalue weighted by Crippen LogP contribution is -2.02. The predicted octanol–water partition coefficient (Wildman–Crippen LogP) is 5.22. The van der Waals surface area contributed by atoms with E-state index in [9.17, 15) is 9.50 Å². The van der Waals surface area contributed by atoms with Gasteiger partial charge in [0.05, 0.1) is 28.1 Å². The minimum atomic E-state index is -0.272. The van der Waals surface area contributed by atoms with Crippen LogP contribution < -0.4 is 0 Å². The molecular weight excluding hydrogens is 471 g/mol. The van der Waals surface area contributed by atoms with E-state index in [0.29, 0.717) is 36.7 Å². The molecular formula is C14H8Br3FN2O. The Balaban J connectivity index is 2.26. The summed E-state index contributed by atoms with van der Waals surface area (Å²) in [6.45, 7) is 0.319. The van der Waals surface area contributed by atoms with Gasteiger partial charge < -0.3 is 9.67 Å². The second kappa shape index (κ2) is 5.70. The molecule has 3 aromatic rings. The molecule has 0 fully saturated rings. The van der Waals surface area contributed by atoms with Crippen LogP contribution in [0.25, 0.3) is 10.9 Å². The highest BCUT2D eigenvalue weighted by Crippen LogP contribution is 2.42. The maximum absolute atomic E-state index is 13.9. The molecule has 0 aliphatic rings. The fourth-order valence-corrected chi connectivity index (χ4v) is 3.82. The van der Waals surface area contributed by atoms with Gasteiger partial charge in [0.2, 0.25) is 0 Å². The highest BCUT2D eigenvalue weighted by molar-refractivity contribution is 9.13. The molecule has 3 rings (SSSR count). The summed E-state index contributed by atoms with van der Waals surface area (Å²) in [5.41, 5.74) is 1.25. The Bertz CT molecular complexity index is 848. The quantitative estimate of drug-likeness (QED) is 0.513. The van der Waals surface area contributed by atoms with Gasteiger partial charge in [-0.15, -0.1) is 0 Å². The summed E-state index contributed by atoms with van der Waals surface area (Å²) in [7, 11) is 0. The summed E-state index contributed by atoms with van der Waals surface area (Å²) >= 11 is 10.3. The van der Waals surface area contributed by atoms with Crippen LogP contribution in [0.2, 0.25) is 0 Å². The Labute approximate surface area is 145 Å². The van der Waals surface area contributed by atoms with E-state index in [2.05, 4.69) is 52.8 Å². The topological polar surface area (TPSA) is 38.1 Å². The number of benzene rings is 1. The second-order valence-corrected chi connectivity index (χ2v) is 6.74. The summed E-state index contributed by atoms with van der Waals surface area (Å²) in [6, 6.07) is 6.60. The van der Waals surface area contributed by atoms with Crippen LogP contribution >= 0.6 is 47.8 Å². The first-order chi connectivity index (χ1) is 10.0. The van der Waals surface area contributed by atoms with E-state index in [0.717, 1.165) is 0 Å². The van der Waals surface area contributed by atoms with Gasteiger partial charge in [-0.2, -0.15) is 0 Å². The van der Waals surface area contributed by atoms with E-state index in [1.165, 1.54) is 12.3 Å². The lowest BCUT2D eigenvalue weighted by atomic mass is 10.2. The monoisotopic (exact) mass is 476 g/mol. The summed E-state index contributed by atoms with van der Waals surface area (Å²) in [6.07, 6.45) is 1.37. The van der Waals surface area contributed by atoms with Crippen LogP contribution in [0, 0.1) is 5.82 Å². The maximum atomic E-state index is 13.9. The molecule has 3 nitrogen and oxygen atoms in total. The summed E-state index contributed by atoms with van der Waals surface area (Å²) in [5.74, 6) is -0.209. The number of halogens is 4. The smallest absolute Gasteiger partial charge is 0.144 e. The van der Waals surface area contributed by atoms with Gasteiger partial charge in [0, 0.05) is 5.56 Å². The van der Waals surface area contributed by atoms with Crippen LogP contribution in [0.15, 0.2) is 44.1 Å². The average molecular weight is 479 g/mol. The number of hydrogen-bond acceptors (Lipinski definition) is 2. The van der Waals surface area contributed by atoms with Crippen molar-refractivity contribution in [2.45, 2.75) is 6.54 Å². The molecule has 0 unspecified atom stereocenters. The molecule has 0 atom stereocenters. The molecule has 0 bridgehead atoms. The molecule has 2 heterocycles. The van der Waals surface area contributed by atoms with Crippen molar-refractivity contribution >= 4 is 58.7 Å². The first-order valence-corrected chi connectivity index (χ1v) is 8.32. The van der Waals surface area contributed by atoms with E-state index in [-0.39, 0.29) is 11.6 Å². The lowest BCUT2D eigenvalue weighted by Gasteiger charge is -2.09. The van der Waals surface area contributed by atoms with Crippen LogP contribution in [0.1, 0.15) is 5.56 Å². The molecule has 0 aliphatic heterocycles. The number of aromatic nitrogens is 2.